The maximum absolute atomic E-state index is 10.9. The number of aromatic nitrogens is 2. The lowest BCUT2D eigenvalue weighted by Gasteiger charge is -2.02. The van der Waals surface area contributed by atoms with Gasteiger partial charge in [-0.1, -0.05) is 17.7 Å². The second-order valence-corrected chi connectivity index (χ2v) is 4.28. The second-order valence-electron chi connectivity index (χ2n) is 3.85. The van der Waals surface area contributed by atoms with Crippen molar-refractivity contribution < 1.29 is 4.79 Å². The summed E-state index contributed by atoms with van der Waals surface area (Å²) in [5.41, 5.74) is 3.43. The molecule has 1 heterocycles. The number of rotatable bonds is 3. The highest BCUT2D eigenvalue weighted by Crippen LogP contribution is 2.25. The average molecular weight is 249 g/mol. The van der Waals surface area contributed by atoms with E-state index in [0.29, 0.717) is 17.3 Å². The summed E-state index contributed by atoms with van der Waals surface area (Å²) < 4.78 is 1.68. The smallest absolute Gasteiger partial charge is 0.168 e. The van der Waals surface area contributed by atoms with Crippen molar-refractivity contribution in [3.8, 4) is 11.3 Å². The van der Waals surface area contributed by atoms with Crippen molar-refractivity contribution in [1.29, 1.82) is 0 Å². The molecule has 0 atom stereocenters. The maximum Gasteiger partial charge on any atom is 0.168 e. The second kappa shape index (κ2) is 4.72. The fraction of sp³-hybridized carbons (Fsp3) is 0.231. The molecular formula is C13H13ClN2O. The lowest BCUT2D eigenvalue weighted by Crippen LogP contribution is -2.01. The van der Waals surface area contributed by atoms with Crippen LogP contribution in [0.5, 0.6) is 0 Å². The molecule has 0 unspecified atom stereocenters. The summed E-state index contributed by atoms with van der Waals surface area (Å²) in [6.45, 7) is 4.62. The van der Waals surface area contributed by atoms with Crippen LogP contribution >= 0.6 is 11.6 Å². The summed E-state index contributed by atoms with van der Waals surface area (Å²) in [4.78, 5) is 10.9. The first kappa shape index (κ1) is 11.9. The van der Waals surface area contributed by atoms with Crippen LogP contribution in [0.25, 0.3) is 11.3 Å². The first-order valence-electron chi connectivity index (χ1n) is 5.45. The van der Waals surface area contributed by atoms with E-state index in [0.717, 1.165) is 23.1 Å². The number of carbonyl (C=O) groups is 1. The van der Waals surface area contributed by atoms with Gasteiger partial charge in [-0.3, -0.25) is 9.48 Å². The molecule has 1 aromatic carbocycles. The molecule has 0 amide bonds. The van der Waals surface area contributed by atoms with Gasteiger partial charge in [0, 0.05) is 17.1 Å². The van der Waals surface area contributed by atoms with Gasteiger partial charge in [0.25, 0.3) is 0 Å². The summed E-state index contributed by atoms with van der Waals surface area (Å²) in [7, 11) is 0. The molecule has 88 valence electrons. The van der Waals surface area contributed by atoms with Crippen LogP contribution in [0.1, 0.15) is 23.0 Å². The van der Waals surface area contributed by atoms with Crippen molar-refractivity contribution in [2.45, 2.75) is 20.4 Å². The van der Waals surface area contributed by atoms with Gasteiger partial charge in [-0.15, -0.1) is 0 Å². The Bertz CT molecular complexity index is 561. The highest BCUT2D eigenvalue weighted by Gasteiger charge is 2.10. The molecule has 0 bridgehead atoms. The van der Waals surface area contributed by atoms with Crippen LogP contribution in [-0.4, -0.2) is 16.1 Å². The molecule has 3 nitrogen and oxygen atoms in total. The number of hydrogen-bond donors (Lipinski definition) is 0. The minimum Gasteiger partial charge on any atom is -0.296 e. The van der Waals surface area contributed by atoms with Crippen LogP contribution in [0, 0.1) is 6.92 Å². The van der Waals surface area contributed by atoms with Gasteiger partial charge in [-0.25, -0.2) is 0 Å². The highest BCUT2D eigenvalue weighted by atomic mass is 35.5. The van der Waals surface area contributed by atoms with Gasteiger partial charge < -0.3 is 0 Å². The van der Waals surface area contributed by atoms with Crippen molar-refractivity contribution in [1.82, 2.24) is 9.78 Å². The zero-order chi connectivity index (χ0) is 12.4. The largest absolute Gasteiger partial charge is 0.296 e. The van der Waals surface area contributed by atoms with Crippen molar-refractivity contribution in [3.63, 3.8) is 0 Å². The topological polar surface area (TPSA) is 34.9 Å². The molecule has 0 aliphatic carbocycles. The van der Waals surface area contributed by atoms with Gasteiger partial charge in [0.2, 0.25) is 0 Å². The van der Waals surface area contributed by atoms with Gasteiger partial charge in [-0.05, 0) is 37.6 Å². The summed E-state index contributed by atoms with van der Waals surface area (Å²) in [6, 6.07) is 7.45. The molecule has 2 rings (SSSR count). The van der Waals surface area contributed by atoms with Gasteiger partial charge in [0.15, 0.2) is 6.29 Å². The van der Waals surface area contributed by atoms with E-state index < -0.39 is 0 Å². The Kier molecular flexibility index (Phi) is 3.29. The first-order valence-corrected chi connectivity index (χ1v) is 5.83. The highest BCUT2D eigenvalue weighted by molar-refractivity contribution is 6.30. The van der Waals surface area contributed by atoms with Crippen LogP contribution in [0.4, 0.5) is 0 Å². The number of halogens is 1. The Morgan fingerprint density at radius 2 is 2.18 bits per heavy atom. The molecule has 2 aromatic rings. The summed E-state index contributed by atoms with van der Waals surface area (Å²) in [6.07, 6.45) is 0.819. The Balaban J connectivity index is 2.56. The van der Waals surface area contributed by atoms with Crippen LogP contribution in [0.15, 0.2) is 24.3 Å². The maximum atomic E-state index is 10.9. The molecule has 0 N–H and O–H groups in total. The number of benzene rings is 1. The number of carbonyl (C=O) groups excluding carboxylic acids is 1. The van der Waals surface area contributed by atoms with Crippen molar-refractivity contribution in [2.75, 3.05) is 0 Å². The van der Waals surface area contributed by atoms with Crippen LogP contribution in [0.2, 0.25) is 5.02 Å². The average Bonchev–Trinajstić information content (AvgIpc) is 2.75. The van der Waals surface area contributed by atoms with E-state index in [-0.39, 0.29) is 0 Å². The molecule has 0 fully saturated rings. The standard InChI is InChI=1S/C13H13ClN2O/c1-3-16-11(8-17)7-13(15-16)12-6-10(14)5-4-9(12)2/h4-8H,3H2,1-2H3. The van der Waals surface area contributed by atoms with Gasteiger partial charge in [0.1, 0.15) is 5.69 Å². The quantitative estimate of drug-likeness (QED) is 0.781. The number of aryl methyl sites for hydroxylation is 2. The van der Waals surface area contributed by atoms with Gasteiger partial charge in [0.05, 0.1) is 5.69 Å². The third kappa shape index (κ3) is 2.24. The van der Waals surface area contributed by atoms with E-state index in [1.165, 1.54) is 0 Å². The van der Waals surface area contributed by atoms with Crippen molar-refractivity contribution >= 4 is 17.9 Å². The molecule has 0 aliphatic heterocycles. The predicted octanol–water partition coefficient (Wildman–Crippen LogP) is 3.34. The molecule has 0 radical (unpaired) electrons. The normalized spacial score (nSPS) is 10.5. The number of aldehydes is 1. The Morgan fingerprint density at radius 3 is 2.76 bits per heavy atom. The molecule has 4 heteroatoms. The van der Waals surface area contributed by atoms with E-state index in [2.05, 4.69) is 5.10 Å². The molecule has 0 spiro atoms. The molecule has 1 aromatic heterocycles. The molecule has 0 saturated carbocycles. The van der Waals surface area contributed by atoms with E-state index >= 15 is 0 Å². The summed E-state index contributed by atoms with van der Waals surface area (Å²) in [5.74, 6) is 0. The molecular weight excluding hydrogens is 236 g/mol. The third-order valence-electron chi connectivity index (χ3n) is 2.71. The van der Waals surface area contributed by atoms with Crippen LogP contribution in [-0.2, 0) is 6.54 Å². The third-order valence-corrected chi connectivity index (χ3v) is 2.94. The predicted molar refractivity (Wildman–Crippen MR) is 68.5 cm³/mol. The van der Waals surface area contributed by atoms with Gasteiger partial charge >= 0.3 is 0 Å². The lowest BCUT2D eigenvalue weighted by atomic mass is 10.1. The fourth-order valence-corrected chi connectivity index (χ4v) is 1.95. The van der Waals surface area contributed by atoms with E-state index in [1.54, 1.807) is 10.7 Å². The molecule has 0 saturated heterocycles. The summed E-state index contributed by atoms with van der Waals surface area (Å²) in [5, 5.41) is 5.07. The van der Waals surface area contributed by atoms with Crippen LogP contribution in [0.3, 0.4) is 0 Å². The van der Waals surface area contributed by atoms with Gasteiger partial charge in [-0.2, -0.15) is 5.10 Å². The zero-order valence-electron chi connectivity index (χ0n) is 9.77. The van der Waals surface area contributed by atoms with Crippen LogP contribution < -0.4 is 0 Å². The van der Waals surface area contributed by atoms with Crippen molar-refractivity contribution in [2.24, 2.45) is 0 Å². The summed E-state index contributed by atoms with van der Waals surface area (Å²) >= 11 is 5.98. The minimum atomic E-state index is 0.585. The van der Waals surface area contributed by atoms with Crippen molar-refractivity contribution in [3.05, 3.63) is 40.5 Å². The lowest BCUT2D eigenvalue weighted by molar-refractivity contribution is 0.111. The first-order chi connectivity index (χ1) is 8.15. The SMILES string of the molecule is CCn1nc(-c2cc(Cl)ccc2C)cc1C=O. The Hall–Kier alpha value is -1.61. The molecule has 17 heavy (non-hydrogen) atoms. The fourth-order valence-electron chi connectivity index (χ4n) is 1.78. The van der Waals surface area contributed by atoms with E-state index in [4.69, 9.17) is 11.6 Å². The number of nitrogens with zero attached hydrogens (tertiary/aromatic N) is 2. The molecule has 0 aliphatic rings. The number of hydrogen-bond acceptors (Lipinski definition) is 2. The Morgan fingerprint density at radius 1 is 1.41 bits per heavy atom. The Labute approximate surface area is 105 Å². The zero-order valence-corrected chi connectivity index (χ0v) is 10.5. The minimum absolute atomic E-state index is 0.585. The van der Waals surface area contributed by atoms with E-state index in [1.807, 2.05) is 32.0 Å². The monoisotopic (exact) mass is 248 g/mol. The van der Waals surface area contributed by atoms with E-state index in [9.17, 15) is 4.79 Å².